The van der Waals surface area contributed by atoms with Crippen molar-refractivity contribution in [3.05, 3.63) is 11.1 Å². The molecule has 2 amide bonds. The van der Waals surface area contributed by atoms with E-state index in [4.69, 9.17) is 0 Å². The van der Waals surface area contributed by atoms with E-state index in [1.54, 1.807) is 10.3 Å². The van der Waals surface area contributed by atoms with Gasteiger partial charge in [-0.15, -0.1) is 5.10 Å². The molecule has 8 heteroatoms. The SMILES string of the molecule is CN(C)CCN1CC2CN(C(=O)c3csnn3)CC2C1=O. The molecule has 0 aromatic carbocycles. The van der Waals surface area contributed by atoms with E-state index in [-0.39, 0.29) is 23.7 Å². The Morgan fingerprint density at radius 2 is 2.24 bits per heavy atom. The highest BCUT2D eigenvalue weighted by molar-refractivity contribution is 7.03. The molecule has 2 saturated heterocycles. The first-order valence-corrected chi connectivity index (χ1v) is 7.89. The number of fused-ring (bicyclic) bond motifs is 1. The molecule has 3 heterocycles. The predicted octanol–water partition coefficient (Wildman–Crippen LogP) is -0.370. The molecule has 0 bridgehead atoms. The lowest BCUT2D eigenvalue weighted by Gasteiger charge is -2.22. The number of carbonyl (C=O) groups is 2. The predicted molar refractivity (Wildman–Crippen MR) is 77.9 cm³/mol. The van der Waals surface area contributed by atoms with Crippen LogP contribution in [0.3, 0.4) is 0 Å². The maximum atomic E-state index is 12.4. The Hall–Kier alpha value is -1.54. The zero-order valence-corrected chi connectivity index (χ0v) is 13.0. The van der Waals surface area contributed by atoms with E-state index >= 15 is 0 Å². The molecule has 2 aliphatic rings. The van der Waals surface area contributed by atoms with Crippen LogP contribution in [0, 0.1) is 11.8 Å². The van der Waals surface area contributed by atoms with Gasteiger partial charge in [0.2, 0.25) is 5.91 Å². The van der Waals surface area contributed by atoms with Gasteiger partial charge in [0.1, 0.15) is 0 Å². The Bertz CT molecular complexity index is 533. The van der Waals surface area contributed by atoms with Crippen molar-refractivity contribution in [2.24, 2.45) is 11.8 Å². The van der Waals surface area contributed by atoms with E-state index in [9.17, 15) is 9.59 Å². The Morgan fingerprint density at radius 1 is 1.43 bits per heavy atom. The molecule has 0 saturated carbocycles. The smallest absolute Gasteiger partial charge is 0.275 e. The first kappa shape index (κ1) is 14.4. The van der Waals surface area contributed by atoms with Crippen molar-refractivity contribution in [3.63, 3.8) is 0 Å². The minimum atomic E-state index is -0.106. The summed E-state index contributed by atoms with van der Waals surface area (Å²) in [5.74, 6) is 0.303. The summed E-state index contributed by atoms with van der Waals surface area (Å²) in [6.07, 6.45) is 0. The number of amides is 2. The molecular formula is C13H19N5O2S. The Balaban J connectivity index is 1.60. The van der Waals surface area contributed by atoms with Crippen molar-refractivity contribution in [2.75, 3.05) is 46.8 Å². The van der Waals surface area contributed by atoms with Gasteiger partial charge in [-0.3, -0.25) is 9.59 Å². The zero-order valence-electron chi connectivity index (χ0n) is 12.2. The number of likely N-dealkylation sites (N-methyl/N-ethyl adjacent to an activating group) is 1. The molecule has 0 radical (unpaired) electrons. The van der Waals surface area contributed by atoms with Crippen molar-refractivity contribution in [1.82, 2.24) is 24.3 Å². The number of carbonyl (C=O) groups excluding carboxylic acids is 2. The van der Waals surface area contributed by atoms with Crippen molar-refractivity contribution < 1.29 is 9.59 Å². The molecule has 1 aromatic rings. The minimum absolute atomic E-state index is 0.0392. The standard InChI is InChI=1S/C13H19N5O2S/c1-16(2)3-4-17-5-9-6-18(7-10(9)12(17)19)13(20)11-8-21-15-14-11/h8-10H,3-7H2,1-2H3. The molecule has 2 aliphatic heterocycles. The fraction of sp³-hybridized carbons (Fsp3) is 0.692. The van der Waals surface area contributed by atoms with Gasteiger partial charge in [-0.2, -0.15) is 0 Å². The molecule has 3 rings (SSSR count). The van der Waals surface area contributed by atoms with Gasteiger partial charge in [-0.1, -0.05) is 4.49 Å². The second-order valence-corrected chi connectivity index (χ2v) is 6.56. The molecule has 2 fully saturated rings. The molecule has 21 heavy (non-hydrogen) atoms. The van der Waals surface area contributed by atoms with Crippen LogP contribution in [0.5, 0.6) is 0 Å². The Kier molecular flexibility index (Phi) is 3.90. The maximum absolute atomic E-state index is 12.4. The summed E-state index contributed by atoms with van der Waals surface area (Å²) < 4.78 is 3.72. The van der Waals surface area contributed by atoms with Crippen molar-refractivity contribution in [2.45, 2.75) is 0 Å². The van der Waals surface area contributed by atoms with E-state index in [1.807, 2.05) is 19.0 Å². The van der Waals surface area contributed by atoms with Crippen molar-refractivity contribution >= 4 is 23.3 Å². The van der Waals surface area contributed by atoms with Gasteiger partial charge in [-0.25, -0.2) is 0 Å². The second kappa shape index (κ2) is 5.69. The van der Waals surface area contributed by atoms with Crippen molar-refractivity contribution in [3.8, 4) is 0 Å². The van der Waals surface area contributed by atoms with E-state index in [2.05, 4.69) is 14.5 Å². The number of rotatable bonds is 4. The fourth-order valence-electron chi connectivity index (χ4n) is 3.05. The molecule has 2 atom stereocenters. The first-order valence-electron chi connectivity index (χ1n) is 7.06. The fourth-order valence-corrected chi connectivity index (χ4v) is 3.48. The second-order valence-electron chi connectivity index (χ2n) is 5.95. The summed E-state index contributed by atoms with van der Waals surface area (Å²) in [6, 6.07) is 0. The van der Waals surface area contributed by atoms with Crippen LogP contribution in [0.25, 0.3) is 0 Å². The highest BCUT2D eigenvalue weighted by Gasteiger charge is 2.47. The number of aromatic nitrogens is 2. The first-order chi connectivity index (χ1) is 10.1. The van der Waals surface area contributed by atoms with Crippen LogP contribution >= 0.6 is 11.5 Å². The summed E-state index contributed by atoms with van der Waals surface area (Å²) in [4.78, 5) is 30.4. The number of hydrogen-bond donors (Lipinski definition) is 0. The summed E-state index contributed by atoms with van der Waals surface area (Å²) >= 11 is 1.17. The summed E-state index contributed by atoms with van der Waals surface area (Å²) in [6.45, 7) is 3.56. The average molecular weight is 309 g/mol. The van der Waals surface area contributed by atoms with E-state index in [0.29, 0.717) is 18.8 Å². The lowest BCUT2D eigenvalue weighted by Crippen LogP contribution is -2.38. The molecular weight excluding hydrogens is 290 g/mol. The third-order valence-electron chi connectivity index (χ3n) is 4.21. The third kappa shape index (κ3) is 2.77. The van der Waals surface area contributed by atoms with Gasteiger partial charge in [0.05, 0.1) is 5.92 Å². The summed E-state index contributed by atoms with van der Waals surface area (Å²) in [7, 11) is 4.01. The molecule has 2 unspecified atom stereocenters. The maximum Gasteiger partial charge on any atom is 0.275 e. The lowest BCUT2D eigenvalue weighted by atomic mass is 10.0. The minimum Gasteiger partial charge on any atom is -0.341 e. The van der Waals surface area contributed by atoms with Gasteiger partial charge in [0.25, 0.3) is 5.91 Å². The molecule has 1 aromatic heterocycles. The highest BCUT2D eigenvalue weighted by atomic mass is 32.1. The number of nitrogens with zero attached hydrogens (tertiary/aromatic N) is 5. The average Bonchev–Trinajstić information content (AvgIpc) is 3.14. The molecule has 0 aliphatic carbocycles. The highest BCUT2D eigenvalue weighted by Crippen LogP contribution is 2.32. The number of likely N-dealkylation sites (tertiary alicyclic amines) is 2. The van der Waals surface area contributed by atoms with Gasteiger partial charge in [-0.05, 0) is 25.6 Å². The van der Waals surface area contributed by atoms with E-state index in [1.165, 1.54) is 11.5 Å². The van der Waals surface area contributed by atoms with Crippen LogP contribution in [0.2, 0.25) is 0 Å². The summed E-state index contributed by atoms with van der Waals surface area (Å²) in [5, 5.41) is 5.47. The topological polar surface area (TPSA) is 69.6 Å². The van der Waals surface area contributed by atoms with Crippen LogP contribution in [0.15, 0.2) is 5.38 Å². The zero-order chi connectivity index (χ0) is 15.0. The largest absolute Gasteiger partial charge is 0.341 e. The van der Waals surface area contributed by atoms with Crippen LogP contribution in [0.4, 0.5) is 0 Å². The number of hydrogen-bond acceptors (Lipinski definition) is 6. The normalized spacial score (nSPS) is 25.0. The monoisotopic (exact) mass is 309 g/mol. The molecule has 0 spiro atoms. The lowest BCUT2D eigenvalue weighted by molar-refractivity contribution is -0.131. The van der Waals surface area contributed by atoms with E-state index < -0.39 is 0 Å². The Morgan fingerprint density at radius 3 is 2.86 bits per heavy atom. The van der Waals surface area contributed by atoms with Crippen LogP contribution in [-0.2, 0) is 4.79 Å². The third-order valence-corrected chi connectivity index (χ3v) is 4.71. The van der Waals surface area contributed by atoms with Gasteiger partial charge in [0.15, 0.2) is 5.69 Å². The molecule has 114 valence electrons. The van der Waals surface area contributed by atoms with Crippen LogP contribution < -0.4 is 0 Å². The Labute approximate surface area is 127 Å². The van der Waals surface area contributed by atoms with Crippen LogP contribution in [0.1, 0.15) is 10.5 Å². The summed E-state index contributed by atoms with van der Waals surface area (Å²) in [5.41, 5.74) is 0.386. The van der Waals surface area contributed by atoms with Gasteiger partial charge < -0.3 is 14.7 Å². The molecule has 7 nitrogen and oxygen atoms in total. The van der Waals surface area contributed by atoms with E-state index in [0.717, 1.165) is 19.6 Å². The van der Waals surface area contributed by atoms with Gasteiger partial charge in [0, 0.05) is 44.0 Å². The van der Waals surface area contributed by atoms with Crippen molar-refractivity contribution in [1.29, 1.82) is 0 Å². The molecule has 0 N–H and O–H groups in total. The van der Waals surface area contributed by atoms with Crippen LogP contribution in [-0.4, -0.2) is 82.9 Å². The van der Waals surface area contributed by atoms with Gasteiger partial charge >= 0.3 is 0 Å². The quantitative estimate of drug-likeness (QED) is 0.759.